The first-order valence-electron chi connectivity index (χ1n) is 7.93. The van der Waals surface area contributed by atoms with Gasteiger partial charge in [0, 0.05) is 11.9 Å². The van der Waals surface area contributed by atoms with E-state index >= 15 is 0 Å². The Morgan fingerprint density at radius 2 is 2.12 bits per heavy atom. The highest BCUT2D eigenvalue weighted by atomic mass is 16.5. The monoisotopic (exact) mass is 323 g/mol. The molecule has 3 aromatic rings. The highest BCUT2D eigenvalue weighted by Gasteiger charge is 2.31. The minimum atomic E-state index is -0.675. The van der Waals surface area contributed by atoms with Crippen LogP contribution in [0.1, 0.15) is 41.1 Å². The molecule has 7 heteroatoms. The minimum Gasteiger partial charge on any atom is -0.363 e. The summed E-state index contributed by atoms with van der Waals surface area (Å²) in [5.41, 5.74) is 7.17. The van der Waals surface area contributed by atoms with Gasteiger partial charge in [0.15, 0.2) is 0 Å². The summed E-state index contributed by atoms with van der Waals surface area (Å²) in [5.74, 6) is -0.298. The first kappa shape index (κ1) is 14.8. The summed E-state index contributed by atoms with van der Waals surface area (Å²) in [4.78, 5) is 22.2. The van der Waals surface area contributed by atoms with Crippen LogP contribution in [0.15, 0.2) is 40.9 Å². The van der Waals surface area contributed by atoms with Gasteiger partial charge in [0.25, 0.3) is 11.7 Å². The van der Waals surface area contributed by atoms with Crippen LogP contribution in [-0.4, -0.2) is 32.5 Å². The number of hydrogen-bond acceptors (Lipinski definition) is 6. The number of hydrogen-bond donors (Lipinski definition) is 1. The first-order valence-corrected chi connectivity index (χ1v) is 7.93. The van der Waals surface area contributed by atoms with E-state index in [0.29, 0.717) is 12.4 Å². The van der Waals surface area contributed by atoms with Gasteiger partial charge in [-0.3, -0.25) is 14.7 Å². The molecule has 2 N–H and O–H groups in total. The average Bonchev–Trinajstić information content (AvgIpc) is 3.23. The van der Waals surface area contributed by atoms with Gasteiger partial charge in [-0.15, -0.1) is 0 Å². The van der Waals surface area contributed by atoms with Gasteiger partial charge in [0.2, 0.25) is 5.89 Å². The highest BCUT2D eigenvalue weighted by Crippen LogP contribution is 2.32. The molecule has 1 saturated heterocycles. The van der Waals surface area contributed by atoms with Crippen LogP contribution in [0.4, 0.5) is 0 Å². The van der Waals surface area contributed by atoms with E-state index in [1.54, 1.807) is 0 Å². The maximum absolute atomic E-state index is 11.1. The quantitative estimate of drug-likeness (QED) is 0.789. The molecule has 4 rings (SSSR count). The van der Waals surface area contributed by atoms with Crippen molar-refractivity contribution in [3.05, 3.63) is 53.8 Å². The van der Waals surface area contributed by atoms with E-state index in [9.17, 15) is 4.79 Å². The molecule has 7 nitrogen and oxygen atoms in total. The van der Waals surface area contributed by atoms with Crippen LogP contribution >= 0.6 is 0 Å². The molecule has 24 heavy (non-hydrogen) atoms. The van der Waals surface area contributed by atoms with Gasteiger partial charge in [0.1, 0.15) is 0 Å². The van der Waals surface area contributed by atoms with E-state index in [1.807, 2.05) is 24.3 Å². The zero-order valence-corrected chi connectivity index (χ0v) is 13.1. The maximum Gasteiger partial charge on any atom is 0.290 e. The minimum absolute atomic E-state index is 0.00105. The molecule has 0 radical (unpaired) electrons. The molecule has 1 amide bonds. The third-order valence-electron chi connectivity index (χ3n) is 4.33. The molecular formula is C17H17N5O2. The molecule has 122 valence electrons. The second-order valence-corrected chi connectivity index (χ2v) is 5.94. The summed E-state index contributed by atoms with van der Waals surface area (Å²) in [7, 11) is 0. The molecule has 3 heterocycles. The smallest absolute Gasteiger partial charge is 0.290 e. The van der Waals surface area contributed by atoms with Gasteiger partial charge in [0.05, 0.1) is 17.3 Å². The molecule has 0 saturated carbocycles. The molecule has 1 atom stereocenters. The Hall–Kier alpha value is -2.80. The number of nitrogens with zero attached hydrogens (tertiary/aromatic N) is 4. The van der Waals surface area contributed by atoms with Crippen LogP contribution in [0.5, 0.6) is 0 Å². The predicted octanol–water partition coefficient (Wildman–Crippen LogP) is 2.05. The van der Waals surface area contributed by atoms with E-state index in [2.05, 4.69) is 27.2 Å². The highest BCUT2D eigenvalue weighted by molar-refractivity contribution is 5.88. The van der Waals surface area contributed by atoms with Crippen molar-refractivity contribution in [3.8, 4) is 0 Å². The summed E-state index contributed by atoms with van der Waals surface area (Å²) < 4.78 is 5.22. The van der Waals surface area contributed by atoms with Crippen LogP contribution in [0, 0.1) is 0 Å². The number of para-hydroxylation sites is 1. The molecule has 0 spiro atoms. The van der Waals surface area contributed by atoms with Gasteiger partial charge in [-0.05, 0) is 31.5 Å². The van der Waals surface area contributed by atoms with E-state index in [4.69, 9.17) is 15.2 Å². The Morgan fingerprint density at radius 1 is 1.25 bits per heavy atom. The van der Waals surface area contributed by atoms with Crippen molar-refractivity contribution in [2.24, 2.45) is 5.73 Å². The maximum atomic E-state index is 11.1. The third kappa shape index (κ3) is 2.74. The molecular weight excluding hydrogens is 306 g/mol. The summed E-state index contributed by atoms with van der Waals surface area (Å²) in [6, 6.07) is 12.2. The van der Waals surface area contributed by atoms with Crippen molar-refractivity contribution in [1.82, 2.24) is 20.0 Å². The predicted molar refractivity (Wildman–Crippen MR) is 86.9 cm³/mol. The van der Waals surface area contributed by atoms with Crippen molar-refractivity contribution < 1.29 is 9.32 Å². The molecule has 1 aliphatic rings. The van der Waals surface area contributed by atoms with Crippen molar-refractivity contribution in [2.75, 3.05) is 6.54 Å². The number of carbonyl (C=O) groups excluding carboxylic acids is 1. The number of amides is 1. The summed E-state index contributed by atoms with van der Waals surface area (Å²) in [6.07, 6.45) is 1.94. The lowest BCUT2D eigenvalue weighted by Crippen LogP contribution is -2.23. The van der Waals surface area contributed by atoms with Gasteiger partial charge < -0.3 is 10.3 Å². The Labute approximate surface area is 138 Å². The number of aromatic nitrogens is 3. The molecule has 1 aromatic carbocycles. The van der Waals surface area contributed by atoms with Crippen LogP contribution < -0.4 is 5.73 Å². The largest absolute Gasteiger partial charge is 0.363 e. The van der Waals surface area contributed by atoms with Crippen molar-refractivity contribution in [2.45, 2.75) is 25.4 Å². The summed E-state index contributed by atoms with van der Waals surface area (Å²) in [5, 5.41) is 4.77. The van der Waals surface area contributed by atoms with Crippen molar-refractivity contribution >= 4 is 16.8 Å². The Balaban J connectivity index is 1.56. The Morgan fingerprint density at radius 3 is 2.96 bits per heavy atom. The molecule has 1 aliphatic heterocycles. The molecule has 2 aromatic heterocycles. The van der Waals surface area contributed by atoms with E-state index in [1.165, 1.54) is 0 Å². The Bertz CT molecular complexity index is 891. The zero-order chi connectivity index (χ0) is 16.5. The average molecular weight is 323 g/mol. The number of nitrogens with two attached hydrogens (primary N) is 1. The van der Waals surface area contributed by atoms with Crippen LogP contribution in [0.2, 0.25) is 0 Å². The fraction of sp³-hybridized carbons (Fsp3) is 0.294. The first-order chi connectivity index (χ1) is 11.7. The van der Waals surface area contributed by atoms with Gasteiger partial charge in [-0.2, -0.15) is 4.98 Å². The second kappa shape index (κ2) is 6.01. The molecule has 0 bridgehead atoms. The lowest BCUT2D eigenvalue weighted by molar-refractivity contribution is 0.0987. The number of carbonyl (C=O) groups is 1. The van der Waals surface area contributed by atoms with E-state index in [-0.39, 0.29) is 11.9 Å². The van der Waals surface area contributed by atoms with Crippen LogP contribution in [0.3, 0.4) is 0 Å². The topological polar surface area (TPSA) is 98.1 Å². The van der Waals surface area contributed by atoms with Crippen molar-refractivity contribution in [3.63, 3.8) is 0 Å². The van der Waals surface area contributed by atoms with Crippen LogP contribution in [0.25, 0.3) is 10.9 Å². The fourth-order valence-electron chi connectivity index (χ4n) is 3.17. The van der Waals surface area contributed by atoms with E-state index < -0.39 is 5.91 Å². The summed E-state index contributed by atoms with van der Waals surface area (Å²) in [6.45, 7) is 1.62. The lowest BCUT2D eigenvalue weighted by Gasteiger charge is -2.21. The number of rotatable bonds is 4. The number of pyridine rings is 1. The Kier molecular flexibility index (Phi) is 3.70. The SMILES string of the molecule is NC(=O)c1noc(C2CCCN2Cc2ccc3ccccc3n2)n1. The van der Waals surface area contributed by atoms with E-state index in [0.717, 1.165) is 36.0 Å². The van der Waals surface area contributed by atoms with Crippen molar-refractivity contribution in [1.29, 1.82) is 0 Å². The molecule has 1 fully saturated rings. The standard InChI is InChI=1S/C17H17N5O2/c18-15(23)16-20-17(24-21-16)14-6-3-9-22(14)10-12-8-7-11-4-1-2-5-13(11)19-12/h1-2,4-5,7-8,14H,3,6,9-10H2,(H2,18,23). The zero-order valence-electron chi connectivity index (χ0n) is 13.1. The van der Waals surface area contributed by atoms with Crippen LogP contribution in [-0.2, 0) is 6.54 Å². The summed E-state index contributed by atoms with van der Waals surface area (Å²) >= 11 is 0. The lowest BCUT2D eigenvalue weighted by atomic mass is 10.2. The number of benzene rings is 1. The van der Waals surface area contributed by atoms with Gasteiger partial charge in [-0.1, -0.05) is 29.4 Å². The molecule has 1 unspecified atom stereocenters. The molecule has 0 aliphatic carbocycles. The van der Waals surface area contributed by atoms with Gasteiger partial charge in [-0.25, -0.2) is 0 Å². The third-order valence-corrected chi connectivity index (χ3v) is 4.33. The number of likely N-dealkylation sites (tertiary alicyclic amines) is 1. The number of primary amides is 1. The number of fused-ring (bicyclic) bond motifs is 1. The van der Waals surface area contributed by atoms with Gasteiger partial charge >= 0.3 is 0 Å². The normalized spacial score (nSPS) is 18.2. The second-order valence-electron chi connectivity index (χ2n) is 5.94. The fourth-order valence-corrected chi connectivity index (χ4v) is 3.17.